The first-order chi connectivity index (χ1) is 10.2. The maximum Gasteiger partial charge on any atom is 0.417 e. The van der Waals surface area contributed by atoms with Crippen LogP contribution in [0.15, 0.2) is 9.21 Å². The van der Waals surface area contributed by atoms with Gasteiger partial charge in [-0.2, -0.15) is 0 Å². The number of hydrogen-bond acceptors (Lipinski definition) is 3. The Morgan fingerprint density at radius 3 is 2.18 bits per heavy atom. The summed E-state index contributed by atoms with van der Waals surface area (Å²) in [6.07, 6.45) is 3.40. The van der Waals surface area contributed by atoms with E-state index in [4.69, 9.17) is 20.4 Å². The van der Waals surface area contributed by atoms with Gasteiger partial charge in [-0.05, 0) is 28.8 Å². The van der Waals surface area contributed by atoms with Gasteiger partial charge < -0.3 is 8.84 Å². The topological polar surface area (TPSA) is 55.2 Å². The lowest BCUT2D eigenvalue weighted by Gasteiger charge is -2.44. The third kappa shape index (κ3) is 2.99. The standard InChI is InChI=1S/C16H26ClNO3Si/c1-9(2)22(10(3)4,11(5)6)21-14-8-15-13(7-12(14)17)18-16(19)20-15/h7-12,14H,1-6H3,(H,18,19). The summed E-state index contributed by atoms with van der Waals surface area (Å²) in [5, 5.41) is 0.347. The van der Waals surface area contributed by atoms with Crippen molar-refractivity contribution in [3.63, 3.8) is 0 Å². The summed E-state index contributed by atoms with van der Waals surface area (Å²) in [5.74, 6) is -0.456. The molecule has 2 rings (SSSR count). The molecule has 0 bridgehead atoms. The Bertz CT molecular complexity index is 667. The fraction of sp³-hybridized carbons (Fsp3) is 0.688. The SMILES string of the molecule is CC(C)[Si](OC1C=c2oc(=O)[nH]c2=CC1Cl)(C(C)C)C(C)C. The first-order valence-corrected chi connectivity index (χ1v) is 10.5. The summed E-state index contributed by atoms with van der Waals surface area (Å²) in [7, 11) is -2.04. The predicted molar refractivity (Wildman–Crippen MR) is 93.1 cm³/mol. The van der Waals surface area contributed by atoms with Crippen LogP contribution in [0, 0.1) is 0 Å². The highest BCUT2D eigenvalue weighted by atomic mass is 35.5. The monoisotopic (exact) mass is 343 g/mol. The Morgan fingerprint density at radius 1 is 1.14 bits per heavy atom. The van der Waals surface area contributed by atoms with Crippen molar-refractivity contribution in [1.82, 2.24) is 4.98 Å². The third-order valence-corrected chi connectivity index (χ3v) is 11.2. The van der Waals surface area contributed by atoms with Gasteiger partial charge in [-0.15, -0.1) is 11.6 Å². The first-order valence-electron chi connectivity index (χ1n) is 7.93. The second-order valence-electron chi connectivity index (χ2n) is 6.97. The summed E-state index contributed by atoms with van der Waals surface area (Å²) in [6.45, 7) is 13.4. The molecule has 0 amide bonds. The number of alkyl halides is 1. The fourth-order valence-electron chi connectivity index (χ4n) is 3.84. The van der Waals surface area contributed by atoms with Crippen molar-refractivity contribution in [1.29, 1.82) is 0 Å². The number of halogens is 1. The molecule has 1 aromatic rings. The highest BCUT2D eigenvalue weighted by Gasteiger charge is 2.47. The predicted octanol–water partition coefficient (Wildman–Crippen LogP) is 2.71. The molecule has 1 N–H and O–H groups in total. The van der Waals surface area contributed by atoms with Gasteiger partial charge in [-0.25, -0.2) is 4.79 Å². The smallest absolute Gasteiger partial charge is 0.408 e. The normalized spacial score (nSPS) is 21.9. The van der Waals surface area contributed by atoms with Gasteiger partial charge >= 0.3 is 5.76 Å². The van der Waals surface area contributed by atoms with E-state index in [9.17, 15) is 4.79 Å². The largest absolute Gasteiger partial charge is 0.417 e. The van der Waals surface area contributed by atoms with E-state index < -0.39 is 14.1 Å². The van der Waals surface area contributed by atoms with Crippen molar-refractivity contribution in [2.45, 2.75) is 69.6 Å². The van der Waals surface area contributed by atoms with Crippen LogP contribution in [0.25, 0.3) is 12.2 Å². The van der Waals surface area contributed by atoms with E-state index in [1.807, 2.05) is 12.2 Å². The molecule has 22 heavy (non-hydrogen) atoms. The van der Waals surface area contributed by atoms with Crippen LogP contribution in [-0.4, -0.2) is 24.8 Å². The molecule has 124 valence electrons. The maximum atomic E-state index is 11.3. The van der Waals surface area contributed by atoms with Crippen LogP contribution in [0.3, 0.4) is 0 Å². The maximum absolute atomic E-state index is 11.3. The third-order valence-electron chi connectivity index (χ3n) is 4.71. The van der Waals surface area contributed by atoms with Crippen LogP contribution in [0.2, 0.25) is 16.6 Å². The number of fused-ring (bicyclic) bond motifs is 1. The Kier molecular flexibility index (Phi) is 5.09. The molecule has 0 saturated carbocycles. The van der Waals surface area contributed by atoms with Gasteiger partial charge in [0.05, 0.1) is 16.8 Å². The molecule has 6 heteroatoms. The zero-order valence-corrected chi connectivity index (χ0v) is 15.9. The van der Waals surface area contributed by atoms with Gasteiger partial charge in [0, 0.05) is 0 Å². The van der Waals surface area contributed by atoms with Crippen molar-refractivity contribution < 1.29 is 8.84 Å². The minimum absolute atomic E-state index is 0.257. The molecule has 0 aromatic carbocycles. The first kappa shape index (κ1) is 17.6. The average molecular weight is 344 g/mol. The van der Waals surface area contributed by atoms with Crippen molar-refractivity contribution in [3.8, 4) is 0 Å². The minimum Gasteiger partial charge on any atom is -0.408 e. The van der Waals surface area contributed by atoms with E-state index >= 15 is 0 Å². The van der Waals surface area contributed by atoms with Crippen LogP contribution in [0.4, 0.5) is 0 Å². The summed E-state index contributed by atoms with van der Waals surface area (Å²) < 4.78 is 11.8. The fourth-order valence-corrected chi connectivity index (χ4v) is 9.68. The van der Waals surface area contributed by atoms with Gasteiger partial charge in [0.15, 0.2) is 5.42 Å². The molecule has 1 aliphatic carbocycles. The Hall–Kier alpha value is -0.783. The second-order valence-corrected chi connectivity index (χ2v) is 12.9. The molecule has 0 aliphatic heterocycles. The molecule has 2 atom stereocenters. The van der Waals surface area contributed by atoms with E-state index in [0.717, 1.165) is 0 Å². The van der Waals surface area contributed by atoms with E-state index in [-0.39, 0.29) is 11.5 Å². The van der Waals surface area contributed by atoms with E-state index in [0.29, 0.717) is 27.4 Å². The average Bonchev–Trinajstić information content (AvgIpc) is 2.73. The van der Waals surface area contributed by atoms with E-state index in [2.05, 4.69) is 46.5 Å². The zero-order chi connectivity index (χ0) is 16.7. The number of aromatic nitrogens is 1. The molecule has 1 aliphatic rings. The van der Waals surface area contributed by atoms with E-state index in [1.54, 1.807) is 0 Å². The lowest BCUT2D eigenvalue weighted by Crippen LogP contribution is -2.52. The Morgan fingerprint density at radius 2 is 1.68 bits per heavy atom. The number of nitrogens with one attached hydrogen (secondary N) is 1. The van der Waals surface area contributed by atoms with Crippen LogP contribution in [0.5, 0.6) is 0 Å². The molecule has 1 aromatic heterocycles. The molecule has 0 saturated heterocycles. The van der Waals surface area contributed by atoms with Gasteiger partial charge in [0.2, 0.25) is 8.32 Å². The Balaban J connectivity index is 2.43. The highest BCUT2D eigenvalue weighted by Crippen LogP contribution is 2.43. The van der Waals surface area contributed by atoms with Gasteiger partial charge in [0.1, 0.15) is 0 Å². The number of rotatable bonds is 5. The van der Waals surface area contributed by atoms with Crippen molar-refractivity contribution in [2.75, 3.05) is 0 Å². The van der Waals surface area contributed by atoms with Crippen molar-refractivity contribution in [3.05, 3.63) is 21.3 Å². The molecular weight excluding hydrogens is 318 g/mol. The van der Waals surface area contributed by atoms with Crippen LogP contribution >= 0.6 is 11.6 Å². The summed E-state index contributed by atoms with van der Waals surface area (Å²) in [6, 6.07) is 0. The summed E-state index contributed by atoms with van der Waals surface area (Å²) in [4.78, 5) is 14.0. The van der Waals surface area contributed by atoms with Crippen molar-refractivity contribution in [2.24, 2.45) is 0 Å². The second kappa shape index (κ2) is 6.38. The number of aromatic amines is 1. The number of H-pyrrole nitrogens is 1. The van der Waals surface area contributed by atoms with Crippen LogP contribution in [-0.2, 0) is 4.43 Å². The molecule has 0 radical (unpaired) electrons. The minimum atomic E-state index is -2.04. The quantitative estimate of drug-likeness (QED) is 0.660. The number of oxazole rings is 1. The van der Waals surface area contributed by atoms with Crippen LogP contribution < -0.4 is 16.5 Å². The molecule has 0 fully saturated rings. The van der Waals surface area contributed by atoms with E-state index in [1.165, 1.54) is 0 Å². The molecular formula is C16H26ClNO3Si. The summed E-state index contributed by atoms with van der Waals surface area (Å²) >= 11 is 6.49. The van der Waals surface area contributed by atoms with Crippen molar-refractivity contribution >= 4 is 32.1 Å². The number of hydrogen-bond donors (Lipinski definition) is 1. The van der Waals surface area contributed by atoms with Gasteiger partial charge in [-0.3, -0.25) is 4.98 Å². The molecule has 1 heterocycles. The molecule has 2 unspecified atom stereocenters. The lowest BCUT2D eigenvalue weighted by atomic mass is 10.1. The highest BCUT2D eigenvalue weighted by molar-refractivity contribution is 6.77. The summed E-state index contributed by atoms with van der Waals surface area (Å²) in [5.41, 5.74) is 1.96. The van der Waals surface area contributed by atoms with Gasteiger partial charge in [-0.1, -0.05) is 41.5 Å². The van der Waals surface area contributed by atoms with Crippen LogP contribution in [0.1, 0.15) is 41.5 Å². The van der Waals surface area contributed by atoms with Gasteiger partial charge in [0.25, 0.3) is 0 Å². The molecule has 4 nitrogen and oxygen atoms in total. The lowest BCUT2D eigenvalue weighted by molar-refractivity contribution is 0.235. The zero-order valence-electron chi connectivity index (χ0n) is 14.1. The molecule has 0 spiro atoms. The Labute approximate surface area is 137 Å².